The fraction of sp³-hybridized carbons (Fsp3) is 0.560. The largest absolute Gasteiger partial charge is 0.444 e. The monoisotopic (exact) mass is 473 g/mol. The van der Waals surface area contributed by atoms with E-state index in [9.17, 15) is 13.6 Å². The van der Waals surface area contributed by atoms with Gasteiger partial charge in [-0.3, -0.25) is 4.90 Å². The summed E-state index contributed by atoms with van der Waals surface area (Å²) in [4.78, 5) is 28.2. The van der Waals surface area contributed by atoms with Gasteiger partial charge >= 0.3 is 6.09 Å². The zero-order chi connectivity index (χ0) is 24.8. The molecule has 34 heavy (non-hydrogen) atoms. The van der Waals surface area contributed by atoms with Crippen molar-refractivity contribution < 1.29 is 18.3 Å². The summed E-state index contributed by atoms with van der Waals surface area (Å²) < 4.78 is 33.2. The van der Waals surface area contributed by atoms with Gasteiger partial charge in [0.05, 0.1) is 24.5 Å². The Balaban J connectivity index is 1.58. The third-order valence-electron chi connectivity index (χ3n) is 5.91. The van der Waals surface area contributed by atoms with Crippen molar-refractivity contribution in [2.24, 2.45) is 0 Å². The first-order valence-corrected chi connectivity index (χ1v) is 11.6. The first-order valence-electron chi connectivity index (χ1n) is 11.6. The predicted molar refractivity (Wildman–Crippen MR) is 127 cm³/mol. The normalized spacial score (nSPS) is 16.6. The summed E-state index contributed by atoms with van der Waals surface area (Å²) in [5.74, 6) is 0.402. The lowest BCUT2D eigenvalue weighted by Crippen LogP contribution is -2.47. The quantitative estimate of drug-likeness (QED) is 0.634. The zero-order valence-corrected chi connectivity index (χ0v) is 20.8. The number of hydrogen-bond acceptors (Lipinski definition) is 6. The Morgan fingerprint density at radius 2 is 1.59 bits per heavy atom. The van der Waals surface area contributed by atoms with Gasteiger partial charge < -0.3 is 14.5 Å². The van der Waals surface area contributed by atoms with Crippen molar-refractivity contribution in [2.75, 3.05) is 36.0 Å². The highest BCUT2D eigenvalue weighted by molar-refractivity contribution is 5.70. The Morgan fingerprint density at radius 3 is 2.18 bits per heavy atom. The summed E-state index contributed by atoms with van der Waals surface area (Å²) in [6.07, 6.45) is -0.370. The summed E-state index contributed by atoms with van der Waals surface area (Å²) in [6.45, 7) is 14.9. The lowest BCUT2D eigenvalue weighted by atomic mass is 9.95. The maximum atomic E-state index is 14.3. The van der Waals surface area contributed by atoms with Gasteiger partial charge in [-0.25, -0.2) is 23.5 Å². The molecule has 0 radical (unpaired) electrons. The van der Waals surface area contributed by atoms with Crippen molar-refractivity contribution in [3.8, 4) is 0 Å². The van der Waals surface area contributed by atoms with Crippen LogP contribution in [0.3, 0.4) is 0 Å². The second-order valence-corrected chi connectivity index (χ2v) is 11.0. The lowest BCUT2D eigenvalue weighted by molar-refractivity contribution is 0.0240. The standard InChI is InChI=1S/C25H33F2N5O2/c1-24(2,3)22-28-19-15-32(23(33)34-25(4,5)6)14-17(19)21(29-22)31-11-9-30(10-12-31)20-8-7-16(26)13-18(20)27/h7-8,13H,9-12,14-15H2,1-6H3. The van der Waals surface area contributed by atoms with Gasteiger partial charge in [-0.05, 0) is 32.9 Å². The molecule has 184 valence electrons. The van der Waals surface area contributed by atoms with E-state index in [1.807, 2.05) is 25.7 Å². The van der Waals surface area contributed by atoms with Gasteiger partial charge in [0.2, 0.25) is 0 Å². The molecule has 0 atom stereocenters. The summed E-state index contributed by atoms with van der Waals surface area (Å²) in [5.41, 5.74) is 1.33. The summed E-state index contributed by atoms with van der Waals surface area (Å²) in [5, 5.41) is 0. The van der Waals surface area contributed by atoms with E-state index in [2.05, 4.69) is 25.7 Å². The molecule has 0 spiro atoms. The number of piperazine rings is 1. The molecule has 2 aliphatic rings. The van der Waals surface area contributed by atoms with E-state index in [0.717, 1.165) is 29.0 Å². The number of rotatable bonds is 2. The number of nitrogens with zero attached hydrogens (tertiary/aromatic N) is 5. The Morgan fingerprint density at radius 1 is 0.941 bits per heavy atom. The molecule has 4 rings (SSSR count). The fourth-order valence-corrected chi connectivity index (χ4v) is 4.19. The smallest absolute Gasteiger partial charge is 0.410 e. The molecule has 0 bridgehead atoms. The molecule has 9 heteroatoms. The van der Waals surface area contributed by atoms with E-state index in [0.29, 0.717) is 45.0 Å². The first-order chi connectivity index (χ1) is 15.8. The Hall–Kier alpha value is -2.97. The average Bonchev–Trinajstić information content (AvgIpc) is 3.16. The van der Waals surface area contributed by atoms with Gasteiger partial charge in [0.25, 0.3) is 0 Å². The van der Waals surface area contributed by atoms with Crippen LogP contribution in [0.1, 0.15) is 58.6 Å². The summed E-state index contributed by atoms with van der Waals surface area (Å²) in [6, 6.07) is 3.68. The minimum atomic E-state index is -0.583. The van der Waals surface area contributed by atoms with Crippen molar-refractivity contribution in [1.82, 2.24) is 14.9 Å². The molecule has 1 aromatic carbocycles. The number of benzene rings is 1. The molecule has 0 saturated carbocycles. The summed E-state index contributed by atoms with van der Waals surface area (Å²) >= 11 is 0. The van der Waals surface area contributed by atoms with Crippen molar-refractivity contribution in [3.63, 3.8) is 0 Å². The van der Waals surface area contributed by atoms with E-state index in [4.69, 9.17) is 14.7 Å². The number of fused-ring (bicyclic) bond motifs is 1. The average molecular weight is 474 g/mol. The highest BCUT2D eigenvalue weighted by Crippen LogP contribution is 2.34. The first kappa shape index (κ1) is 24.2. The molecular formula is C25H33F2N5O2. The number of carbonyl (C=O) groups is 1. The molecule has 2 aromatic rings. The zero-order valence-electron chi connectivity index (χ0n) is 20.8. The Bertz CT molecular complexity index is 1090. The molecule has 2 aliphatic heterocycles. The number of anilines is 2. The summed E-state index contributed by atoms with van der Waals surface area (Å²) in [7, 11) is 0. The van der Waals surface area contributed by atoms with Crippen LogP contribution in [0.5, 0.6) is 0 Å². The number of ether oxygens (including phenoxy) is 1. The Labute approximate surface area is 199 Å². The number of amides is 1. The molecule has 1 saturated heterocycles. The molecule has 0 N–H and O–H groups in total. The predicted octanol–water partition coefficient (Wildman–Crippen LogP) is 4.63. The van der Waals surface area contributed by atoms with Gasteiger partial charge in [-0.1, -0.05) is 20.8 Å². The number of hydrogen-bond donors (Lipinski definition) is 0. The topological polar surface area (TPSA) is 61.8 Å². The van der Waals surface area contributed by atoms with E-state index in [1.165, 1.54) is 12.1 Å². The second-order valence-electron chi connectivity index (χ2n) is 11.0. The highest BCUT2D eigenvalue weighted by atomic mass is 19.1. The van der Waals surface area contributed by atoms with Crippen LogP contribution in [0.25, 0.3) is 0 Å². The molecular weight excluding hydrogens is 440 g/mol. The minimum Gasteiger partial charge on any atom is -0.444 e. The lowest BCUT2D eigenvalue weighted by Gasteiger charge is -2.37. The van der Waals surface area contributed by atoms with Gasteiger partial charge in [-0.15, -0.1) is 0 Å². The van der Waals surface area contributed by atoms with Crippen molar-refractivity contribution in [3.05, 3.63) is 46.9 Å². The molecule has 7 nitrogen and oxygen atoms in total. The van der Waals surface area contributed by atoms with Crippen molar-refractivity contribution >= 4 is 17.6 Å². The van der Waals surface area contributed by atoms with Crippen LogP contribution in [-0.4, -0.2) is 52.7 Å². The molecule has 1 aromatic heterocycles. The molecule has 1 fully saturated rings. The highest BCUT2D eigenvalue weighted by Gasteiger charge is 2.35. The van der Waals surface area contributed by atoms with Gasteiger partial charge in [0, 0.05) is 43.2 Å². The van der Waals surface area contributed by atoms with E-state index in [1.54, 1.807) is 4.90 Å². The van der Waals surface area contributed by atoms with Crippen LogP contribution in [0, 0.1) is 11.6 Å². The molecule has 0 aliphatic carbocycles. The Kier molecular flexibility index (Phi) is 6.16. The maximum absolute atomic E-state index is 14.3. The van der Waals surface area contributed by atoms with Crippen molar-refractivity contribution in [2.45, 2.75) is 65.6 Å². The van der Waals surface area contributed by atoms with Crippen molar-refractivity contribution in [1.29, 1.82) is 0 Å². The fourth-order valence-electron chi connectivity index (χ4n) is 4.19. The minimum absolute atomic E-state index is 0.262. The van der Waals surface area contributed by atoms with E-state index in [-0.39, 0.29) is 11.5 Å². The molecule has 3 heterocycles. The van der Waals surface area contributed by atoms with Crippen LogP contribution in [0.15, 0.2) is 18.2 Å². The van der Waals surface area contributed by atoms with E-state index < -0.39 is 17.2 Å². The van der Waals surface area contributed by atoms with Gasteiger partial charge in [0.1, 0.15) is 28.9 Å². The number of carbonyl (C=O) groups excluding carboxylic acids is 1. The third-order valence-corrected chi connectivity index (χ3v) is 5.91. The van der Waals surface area contributed by atoms with Crippen LogP contribution in [0.4, 0.5) is 25.1 Å². The molecule has 0 unspecified atom stereocenters. The number of aromatic nitrogens is 2. The third kappa shape index (κ3) is 5.08. The van der Waals surface area contributed by atoms with Crippen LogP contribution < -0.4 is 9.80 Å². The number of halogens is 2. The SMILES string of the molecule is CC(C)(C)OC(=O)N1Cc2nc(C(C)(C)C)nc(N3CCN(c4ccc(F)cc4F)CC3)c2C1. The second kappa shape index (κ2) is 8.67. The van der Waals surface area contributed by atoms with Gasteiger partial charge in [-0.2, -0.15) is 0 Å². The van der Waals surface area contributed by atoms with Crippen LogP contribution >= 0.6 is 0 Å². The van der Waals surface area contributed by atoms with Crippen LogP contribution in [0.2, 0.25) is 0 Å². The van der Waals surface area contributed by atoms with Crippen LogP contribution in [-0.2, 0) is 23.2 Å². The van der Waals surface area contributed by atoms with E-state index >= 15 is 0 Å². The molecule has 1 amide bonds. The van der Waals surface area contributed by atoms with Gasteiger partial charge in [0.15, 0.2) is 0 Å². The maximum Gasteiger partial charge on any atom is 0.410 e.